The Kier molecular flexibility index (Phi) is 2.92. The first-order chi connectivity index (χ1) is 6.09. The standard InChI is InChI=1S/C7H9ClN4O/c8-5-1-4(9)2-11-7(5)12-3-6(10)13/h1-2H,3,9H2,(H2,10,13)(H,11,12). The van der Waals surface area contributed by atoms with Crippen LogP contribution in [0, 0.1) is 0 Å². The summed E-state index contributed by atoms with van der Waals surface area (Å²) >= 11 is 5.76. The smallest absolute Gasteiger partial charge is 0.236 e. The van der Waals surface area contributed by atoms with Crippen molar-refractivity contribution in [3.63, 3.8) is 0 Å². The molecule has 0 radical (unpaired) electrons. The minimum Gasteiger partial charge on any atom is -0.397 e. The largest absolute Gasteiger partial charge is 0.397 e. The van der Waals surface area contributed by atoms with E-state index in [1.165, 1.54) is 12.3 Å². The van der Waals surface area contributed by atoms with Crippen LogP contribution in [0.1, 0.15) is 0 Å². The number of anilines is 2. The number of pyridine rings is 1. The summed E-state index contributed by atoms with van der Waals surface area (Å²) in [6, 6.07) is 1.54. The molecule has 0 aliphatic rings. The topological polar surface area (TPSA) is 94.0 Å². The lowest BCUT2D eigenvalue weighted by Gasteiger charge is -2.04. The molecule has 0 spiro atoms. The van der Waals surface area contributed by atoms with Crippen molar-refractivity contribution in [3.05, 3.63) is 17.3 Å². The van der Waals surface area contributed by atoms with E-state index in [2.05, 4.69) is 10.3 Å². The molecule has 0 bridgehead atoms. The van der Waals surface area contributed by atoms with E-state index in [1.54, 1.807) is 0 Å². The van der Waals surface area contributed by atoms with E-state index in [4.69, 9.17) is 23.1 Å². The Hall–Kier alpha value is -1.49. The van der Waals surface area contributed by atoms with Crippen molar-refractivity contribution in [2.75, 3.05) is 17.6 Å². The molecule has 0 aliphatic carbocycles. The minimum absolute atomic E-state index is 0.00334. The van der Waals surface area contributed by atoms with Crippen LogP contribution in [0.5, 0.6) is 0 Å². The van der Waals surface area contributed by atoms with Gasteiger partial charge in [0.1, 0.15) is 5.82 Å². The third-order valence-electron chi connectivity index (χ3n) is 1.29. The van der Waals surface area contributed by atoms with Gasteiger partial charge in [-0.2, -0.15) is 0 Å². The number of hydrogen-bond acceptors (Lipinski definition) is 4. The van der Waals surface area contributed by atoms with Crippen LogP contribution < -0.4 is 16.8 Å². The maximum atomic E-state index is 10.4. The van der Waals surface area contributed by atoms with Gasteiger partial charge in [0.15, 0.2) is 0 Å². The summed E-state index contributed by atoms with van der Waals surface area (Å²) in [5.41, 5.74) is 10.8. The normalized spacial score (nSPS) is 9.62. The van der Waals surface area contributed by atoms with Gasteiger partial charge >= 0.3 is 0 Å². The van der Waals surface area contributed by atoms with Crippen molar-refractivity contribution < 1.29 is 4.79 Å². The number of nitrogens with two attached hydrogens (primary N) is 2. The number of primary amides is 1. The zero-order chi connectivity index (χ0) is 9.84. The lowest BCUT2D eigenvalue weighted by Crippen LogP contribution is -2.22. The maximum absolute atomic E-state index is 10.4. The molecular weight excluding hydrogens is 192 g/mol. The summed E-state index contributed by atoms with van der Waals surface area (Å²) < 4.78 is 0. The number of rotatable bonds is 3. The summed E-state index contributed by atoms with van der Waals surface area (Å²) in [7, 11) is 0. The second kappa shape index (κ2) is 3.95. The van der Waals surface area contributed by atoms with Crippen molar-refractivity contribution >= 4 is 29.0 Å². The van der Waals surface area contributed by atoms with E-state index in [0.717, 1.165) is 0 Å². The zero-order valence-electron chi connectivity index (χ0n) is 6.75. The molecule has 1 aromatic rings. The van der Waals surface area contributed by atoms with Crippen molar-refractivity contribution in [3.8, 4) is 0 Å². The van der Waals surface area contributed by atoms with Gasteiger partial charge < -0.3 is 16.8 Å². The minimum atomic E-state index is -0.477. The first kappa shape index (κ1) is 9.60. The second-order valence-corrected chi connectivity index (χ2v) is 2.83. The Balaban J connectivity index is 2.72. The highest BCUT2D eigenvalue weighted by atomic mass is 35.5. The van der Waals surface area contributed by atoms with Crippen molar-refractivity contribution in [2.24, 2.45) is 5.73 Å². The van der Waals surface area contributed by atoms with Crippen LogP contribution in [0.15, 0.2) is 12.3 Å². The average Bonchev–Trinajstić information content (AvgIpc) is 2.02. The average molecular weight is 201 g/mol. The molecule has 0 fully saturated rings. The van der Waals surface area contributed by atoms with Gasteiger partial charge in [-0.1, -0.05) is 11.6 Å². The number of nitrogens with zero attached hydrogens (tertiary/aromatic N) is 1. The fourth-order valence-corrected chi connectivity index (χ4v) is 0.995. The van der Waals surface area contributed by atoms with E-state index in [0.29, 0.717) is 16.5 Å². The molecule has 1 rings (SSSR count). The molecule has 70 valence electrons. The number of carbonyl (C=O) groups is 1. The monoisotopic (exact) mass is 200 g/mol. The predicted octanol–water partition coefficient (Wildman–Crippen LogP) is 0.214. The molecule has 0 unspecified atom stereocenters. The number of hydrogen-bond donors (Lipinski definition) is 3. The quantitative estimate of drug-likeness (QED) is 0.650. The zero-order valence-corrected chi connectivity index (χ0v) is 7.51. The first-order valence-corrected chi connectivity index (χ1v) is 3.90. The van der Waals surface area contributed by atoms with E-state index in [1.807, 2.05) is 0 Å². The summed E-state index contributed by atoms with van der Waals surface area (Å²) in [6.45, 7) is -0.00334. The van der Waals surface area contributed by atoms with E-state index in [-0.39, 0.29) is 6.54 Å². The number of halogens is 1. The summed E-state index contributed by atoms with van der Waals surface area (Å²) in [4.78, 5) is 14.3. The van der Waals surface area contributed by atoms with Crippen LogP contribution in [-0.2, 0) is 4.79 Å². The fourth-order valence-electron chi connectivity index (χ4n) is 0.754. The first-order valence-electron chi connectivity index (χ1n) is 3.53. The molecule has 5 nitrogen and oxygen atoms in total. The van der Waals surface area contributed by atoms with Gasteiger partial charge in [-0.25, -0.2) is 4.98 Å². The number of nitrogens with one attached hydrogen (secondary N) is 1. The van der Waals surface area contributed by atoms with Crippen LogP contribution >= 0.6 is 11.6 Å². The Labute approximate surface area is 80.1 Å². The lowest BCUT2D eigenvalue weighted by atomic mass is 10.4. The van der Waals surface area contributed by atoms with Gasteiger partial charge in [0, 0.05) is 0 Å². The number of nitrogen functional groups attached to an aromatic ring is 1. The third kappa shape index (κ3) is 2.79. The second-order valence-electron chi connectivity index (χ2n) is 2.42. The highest BCUT2D eigenvalue weighted by molar-refractivity contribution is 6.33. The molecule has 6 heteroatoms. The SMILES string of the molecule is NC(=O)CNc1ncc(N)cc1Cl. The van der Waals surface area contributed by atoms with Crippen molar-refractivity contribution in [1.82, 2.24) is 4.98 Å². The van der Waals surface area contributed by atoms with Gasteiger partial charge in [0.05, 0.1) is 23.5 Å². The molecule has 0 atom stereocenters. The molecule has 1 aromatic heterocycles. The van der Waals surface area contributed by atoms with Crippen LogP contribution in [0.2, 0.25) is 5.02 Å². The van der Waals surface area contributed by atoms with Crippen LogP contribution in [0.4, 0.5) is 11.5 Å². The van der Waals surface area contributed by atoms with Gasteiger partial charge in [-0.05, 0) is 6.07 Å². The number of amides is 1. The molecule has 5 N–H and O–H groups in total. The van der Waals surface area contributed by atoms with Crippen LogP contribution in [-0.4, -0.2) is 17.4 Å². The predicted molar refractivity (Wildman–Crippen MR) is 51.3 cm³/mol. The molecule has 13 heavy (non-hydrogen) atoms. The summed E-state index contributed by atoms with van der Waals surface area (Å²) in [5, 5.41) is 3.03. The van der Waals surface area contributed by atoms with Crippen molar-refractivity contribution in [2.45, 2.75) is 0 Å². The van der Waals surface area contributed by atoms with Gasteiger partial charge in [0.25, 0.3) is 0 Å². The van der Waals surface area contributed by atoms with E-state index in [9.17, 15) is 4.79 Å². The Morgan fingerprint density at radius 1 is 1.69 bits per heavy atom. The maximum Gasteiger partial charge on any atom is 0.236 e. The summed E-state index contributed by atoms with van der Waals surface area (Å²) in [6.07, 6.45) is 1.44. The molecule has 0 saturated carbocycles. The summed E-state index contributed by atoms with van der Waals surface area (Å²) in [5.74, 6) is -0.0793. The van der Waals surface area contributed by atoms with Gasteiger partial charge in [0.2, 0.25) is 5.91 Å². The Morgan fingerprint density at radius 2 is 2.38 bits per heavy atom. The Bertz CT molecular complexity index is 328. The molecule has 0 aliphatic heterocycles. The van der Waals surface area contributed by atoms with Crippen LogP contribution in [0.25, 0.3) is 0 Å². The molecule has 1 amide bonds. The third-order valence-corrected chi connectivity index (χ3v) is 1.58. The lowest BCUT2D eigenvalue weighted by molar-refractivity contribution is -0.116. The Morgan fingerprint density at radius 3 is 2.92 bits per heavy atom. The molecule has 0 aromatic carbocycles. The number of aromatic nitrogens is 1. The van der Waals surface area contributed by atoms with E-state index >= 15 is 0 Å². The number of carbonyl (C=O) groups excluding carboxylic acids is 1. The van der Waals surface area contributed by atoms with Crippen LogP contribution in [0.3, 0.4) is 0 Å². The van der Waals surface area contributed by atoms with Crippen molar-refractivity contribution in [1.29, 1.82) is 0 Å². The van der Waals surface area contributed by atoms with Gasteiger partial charge in [-0.3, -0.25) is 4.79 Å². The highest BCUT2D eigenvalue weighted by Crippen LogP contribution is 2.20. The fraction of sp³-hybridized carbons (Fsp3) is 0.143. The molecule has 0 saturated heterocycles. The molecule has 1 heterocycles. The highest BCUT2D eigenvalue weighted by Gasteiger charge is 2.02. The van der Waals surface area contributed by atoms with E-state index < -0.39 is 5.91 Å². The van der Waals surface area contributed by atoms with Gasteiger partial charge in [-0.15, -0.1) is 0 Å². The molecular formula is C7H9ClN4O.